The Morgan fingerprint density at radius 2 is 1.75 bits per heavy atom. The number of hydrogen-bond acceptors (Lipinski definition) is 0. The van der Waals surface area contributed by atoms with Crippen LogP contribution in [-0.4, -0.2) is 0 Å². The van der Waals surface area contributed by atoms with Gasteiger partial charge < -0.3 is 0 Å². The molecule has 0 bridgehead atoms. The van der Waals surface area contributed by atoms with Crippen LogP contribution in [0, 0.1) is 6.92 Å². The number of hydrogen-bond donors (Lipinski definition) is 0. The first-order chi connectivity index (χ1) is 5.84. The number of halogens is 1. The predicted octanol–water partition coefficient (Wildman–Crippen LogP) is 3.96. The summed E-state index contributed by atoms with van der Waals surface area (Å²) >= 11 is 0. The average molecular weight is 166 g/mol. The molecule has 0 fully saturated rings. The first-order valence-corrected chi connectivity index (χ1v) is 4.17. The Bertz CT molecular complexity index is 239. The number of rotatable bonds is 1. The van der Waals surface area contributed by atoms with Crippen LogP contribution in [0.3, 0.4) is 0 Å². The molecule has 0 nitrogen and oxygen atoms in total. The summed E-state index contributed by atoms with van der Waals surface area (Å²) in [5.41, 5.74) is 2.03. The van der Waals surface area contributed by atoms with E-state index in [0.29, 0.717) is 6.33 Å². The maximum atomic E-state index is 11.7. The van der Waals surface area contributed by atoms with Crippen LogP contribution >= 0.6 is 0 Å². The van der Waals surface area contributed by atoms with Crippen molar-refractivity contribution in [3.05, 3.63) is 41.7 Å². The van der Waals surface area contributed by atoms with Gasteiger partial charge >= 0.3 is 0 Å². The molecule has 0 saturated heterocycles. The maximum absolute atomic E-state index is 11.7. The highest BCUT2D eigenvalue weighted by Crippen LogP contribution is 2.08. The van der Waals surface area contributed by atoms with Gasteiger partial charge in [0.15, 0.2) is 0 Å². The fourth-order valence-electron chi connectivity index (χ4n) is 0.842. The molecule has 0 aliphatic heterocycles. The molecule has 0 aliphatic rings. The second kappa shape index (κ2) is 6.59. The standard InChI is InChI=1S/C9H9F.C2H6/c1-8-4-2-3-5-9(8)6-7-10;1-2/h2-7H,1H3;1-2H3/b7-6+;. The quantitative estimate of drug-likeness (QED) is 0.592. The summed E-state index contributed by atoms with van der Waals surface area (Å²) in [6.45, 7) is 5.95. The molecule has 0 amide bonds. The van der Waals surface area contributed by atoms with Gasteiger partial charge in [-0.1, -0.05) is 38.1 Å². The minimum absolute atomic E-state index is 0.558. The molecule has 0 aliphatic carbocycles. The average Bonchev–Trinajstić information content (AvgIpc) is 2.13. The zero-order chi connectivity index (χ0) is 9.40. The highest BCUT2D eigenvalue weighted by molar-refractivity contribution is 5.52. The lowest BCUT2D eigenvalue weighted by molar-refractivity contribution is 0.727. The Balaban J connectivity index is 0.000000561. The molecule has 0 radical (unpaired) electrons. The first kappa shape index (κ1) is 10.9. The van der Waals surface area contributed by atoms with E-state index in [4.69, 9.17) is 0 Å². The summed E-state index contributed by atoms with van der Waals surface area (Å²) in [7, 11) is 0. The molecule has 1 aromatic carbocycles. The Morgan fingerprint density at radius 1 is 1.17 bits per heavy atom. The van der Waals surface area contributed by atoms with Crippen LogP contribution in [0.1, 0.15) is 25.0 Å². The monoisotopic (exact) mass is 166 g/mol. The van der Waals surface area contributed by atoms with Crippen LogP contribution in [0.25, 0.3) is 6.08 Å². The van der Waals surface area contributed by atoms with E-state index in [0.717, 1.165) is 11.1 Å². The number of benzene rings is 1. The first-order valence-electron chi connectivity index (χ1n) is 4.17. The minimum Gasteiger partial charge on any atom is -0.216 e. The van der Waals surface area contributed by atoms with Gasteiger partial charge in [-0.05, 0) is 24.1 Å². The fourth-order valence-corrected chi connectivity index (χ4v) is 0.842. The van der Waals surface area contributed by atoms with Crippen LogP contribution in [-0.2, 0) is 0 Å². The van der Waals surface area contributed by atoms with Crippen molar-refractivity contribution in [3.63, 3.8) is 0 Å². The Labute approximate surface area is 73.7 Å². The van der Waals surface area contributed by atoms with E-state index in [1.807, 2.05) is 45.0 Å². The third-order valence-corrected chi connectivity index (χ3v) is 1.43. The third kappa shape index (κ3) is 3.33. The molecular formula is C11H15F. The molecule has 1 heteroatoms. The van der Waals surface area contributed by atoms with Crippen LogP contribution in [0.4, 0.5) is 4.39 Å². The van der Waals surface area contributed by atoms with Gasteiger partial charge in [0.25, 0.3) is 0 Å². The highest BCUT2D eigenvalue weighted by Gasteiger charge is 1.88. The summed E-state index contributed by atoms with van der Waals surface area (Å²) in [6, 6.07) is 7.66. The largest absolute Gasteiger partial charge is 0.216 e. The van der Waals surface area contributed by atoms with Crippen molar-refractivity contribution < 1.29 is 4.39 Å². The topological polar surface area (TPSA) is 0 Å². The van der Waals surface area contributed by atoms with E-state index >= 15 is 0 Å². The van der Waals surface area contributed by atoms with Crippen LogP contribution in [0.5, 0.6) is 0 Å². The molecule has 1 rings (SSSR count). The number of aryl methyl sites for hydroxylation is 1. The molecule has 66 valence electrons. The normalized spacial score (nSPS) is 9.33. The lowest BCUT2D eigenvalue weighted by Crippen LogP contribution is -1.76. The van der Waals surface area contributed by atoms with E-state index in [9.17, 15) is 4.39 Å². The Kier molecular flexibility index (Phi) is 5.98. The summed E-state index contributed by atoms with van der Waals surface area (Å²) in [4.78, 5) is 0. The van der Waals surface area contributed by atoms with Crippen molar-refractivity contribution in [1.82, 2.24) is 0 Å². The molecule has 12 heavy (non-hydrogen) atoms. The van der Waals surface area contributed by atoms with Crippen molar-refractivity contribution in [3.8, 4) is 0 Å². The van der Waals surface area contributed by atoms with Crippen molar-refractivity contribution in [2.24, 2.45) is 0 Å². The smallest absolute Gasteiger partial charge is 0.0872 e. The van der Waals surface area contributed by atoms with Gasteiger partial charge in [0.05, 0.1) is 6.33 Å². The van der Waals surface area contributed by atoms with Crippen molar-refractivity contribution in [2.75, 3.05) is 0 Å². The van der Waals surface area contributed by atoms with E-state index < -0.39 is 0 Å². The van der Waals surface area contributed by atoms with Crippen LogP contribution in [0.2, 0.25) is 0 Å². The zero-order valence-corrected chi connectivity index (χ0v) is 7.84. The second-order valence-corrected chi connectivity index (χ2v) is 2.15. The van der Waals surface area contributed by atoms with Gasteiger partial charge in [0.1, 0.15) is 0 Å². The van der Waals surface area contributed by atoms with Gasteiger partial charge in [-0.15, -0.1) is 0 Å². The molecule has 0 atom stereocenters. The minimum atomic E-state index is 0.558. The molecule has 0 N–H and O–H groups in total. The SMILES string of the molecule is CC.Cc1ccccc1/C=C/F. The van der Waals surface area contributed by atoms with Crippen molar-refractivity contribution in [2.45, 2.75) is 20.8 Å². The molecular weight excluding hydrogens is 151 g/mol. The van der Waals surface area contributed by atoms with Crippen molar-refractivity contribution in [1.29, 1.82) is 0 Å². The molecule has 0 unspecified atom stereocenters. The van der Waals surface area contributed by atoms with Gasteiger partial charge in [0, 0.05) is 0 Å². The van der Waals surface area contributed by atoms with E-state index in [-0.39, 0.29) is 0 Å². The Hall–Kier alpha value is -1.11. The van der Waals surface area contributed by atoms with Gasteiger partial charge in [-0.25, -0.2) is 4.39 Å². The second-order valence-electron chi connectivity index (χ2n) is 2.15. The van der Waals surface area contributed by atoms with Crippen LogP contribution in [0.15, 0.2) is 30.6 Å². The van der Waals surface area contributed by atoms with E-state index in [2.05, 4.69) is 0 Å². The predicted molar refractivity (Wildman–Crippen MR) is 52.7 cm³/mol. The third-order valence-electron chi connectivity index (χ3n) is 1.43. The Morgan fingerprint density at radius 3 is 2.25 bits per heavy atom. The summed E-state index contributed by atoms with van der Waals surface area (Å²) in [5, 5.41) is 0. The molecule has 0 saturated carbocycles. The molecule has 0 heterocycles. The lowest BCUT2D eigenvalue weighted by atomic mass is 10.1. The summed E-state index contributed by atoms with van der Waals surface area (Å²) < 4.78 is 11.7. The summed E-state index contributed by atoms with van der Waals surface area (Å²) in [6.07, 6.45) is 2.01. The van der Waals surface area contributed by atoms with Gasteiger partial charge in [0.2, 0.25) is 0 Å². The van der Waals surface area contributed by atoms with Gasteiger partial charge in [-0.2, -0.15) is 0 Å². The highest BCUT2D eigenvalue weighted by atomic mass is 19.1. The van der Waals surface area contributed by atoms with Crippen LogP contribution < -0.4 is 0 Å². The summed E-state index contributed by atoms with van der Waals surface area (Å²) in [5.74, 6) is 0. The molecule has 1 aromatic rings. The fraction of sp³-hybridized carbons (Fsp3) is 0.273. The van der Waals surface area contributed by atoms with E-state index in [1.165, 1.54) is 6.08 Å². The van der Waals surface area contributed by atoms with E-state index in [1.54, 1.807) is 0 Å². The zero-order valence-electron chi connectivity index (χ0n) is 7.84. The molecule has 0 spiro atoms. The maximum Gasteiger partial charge on any atom is 0.0872 e. The molecule has 0 aromatic heterocycles. The van der Waals surface area contributed by atoms with Crippen molar-refractivity contribution >= 4 is 6.08 Å². The lowest BCUT2D eigenvalue weighted by Gasteiger charge is -1.95. The van der Waals surface area contributed by atoms with Gasteiger partial charge in [-0.3, -0.25) is 0 Å².